The zero-order valence-corrected chi connectivity index (χ0v) is 14.1. The highest BCUT2D eigenvalue weighted by atomic mass is 32.1. The molecule has 0 radical (unpaired) electrons. The van der Waals surface area contributed by atoms with Gasteiger partial charge >= 0.3 is 5.69 Å². The van der Waals surface area contributed by atoms with Gasteiger partial charge in [0.2, 0.25) is 0 Å². The van der Waals surface area contributed by atoms with Crippen molar-refractivity contribution in [1.82, 2.24) is 14.9 Å². The topological polar surface area (TPSA) is 84.0 Å². The molecule has 0 unspecified atom stereocenters. The number of benzene rings is 1. The highest BCUT2D eigenvalue weighted by molar-refractivity contribution is 7.09. The number of halogens is 2. The Hall–Kier alpha value is -3.07. The van der Waals surface area contributed by atoms with Gasteiger partial charge in [0, 0.05) is 29.2 Å². The summed E-state index contributed by atoms with van der Waals surface area (Å²) in [6.07, 6.45) is 1.02. The summed E-state index contributed by atoms with van der Waals surface area (Å²) in [5.74, 6) is -2.30. The zero-order chi connectivity index (χ0) is 18.7. The minimum atomic E-state index is -0.804. The molecule has 0 fully saturated rings. The van der Waals surface area contributed by atoms with Crippen LogP contribution in [-0.4, -0.2) is 15.5 Å². The molecular formula is C17H13F2N3O3S. The number of amides is 1. The SMILES string of the molecule is O=C(NCc1ccc(F)cc1F)c1c[nH]c(=O)n(Cc2cccs2)c1=O. The summed E-state index contributed by atoms with van der Waals surface area (Å²) in [5.41, 5.74) is -1.59. The Morgan fingerprint density at radius 2 is 2.04 bits per heavy atom. The van der Waals surface area contributed by atoms with Crippen LogP contribution >= 0.6 is 11.3 Å². The molecule has 3 rings (SSSR count). The normalized spacial score (nSPS) is 10.7. The van der Waals surface area contributed by atoms with E-state index in [-0.39, 0.29) is 24.2 Å². The Balaban J connectivity index is 1.81. The van der Waals surface area contributed by atoms with Crippen LogP contribution in [0.15, 0.2) is 51.5 Å². The van der Waals surface area contributed by atoms with Crippen LogP contribution < -0.4 is 16.6 Å². The molecule has 9 heteroatoms. The lowest BCUT2D eigenvalue weighted by Gasteiger charge is -2.08. The van der Waals surface area contributed by atoms with Crippen molar-refractivity contribution in [3.05, 3.63) is 90.4 Å². The first kappa shape index (κ1) is 17.7. The smallest absolute Gasteiger partial charge is 0.328 e. The van der Waals surface area contributed by atoms with Gasteiger partial charge in [0.05, 0.1) is 6.54 Å². The van der Waals surface area contributed by atoms with E-state index in [1.165, 1.54) is 17.4 Å². The lowest BCUT2D eigenvalue weighted by molar-refractivity contribution is 0.0948. The van der Waals surface area contributed by atoms with Crippen molar-refractivity contribution in [3.8, 4) is 0 Å². The van der Waals surface area contributed by atoms with Gasteiger partial charge in [-0.25, -0.2) is 13.6 Å². The minimum absolute atomic E-state index is 0.0412. The number of aromatic nitrogens is 2. The Morgan fingerprint density at radius 3 is 2.73 bits per heavy atom. The van der Waals surface area contributed by atoms with Crippen molar-refractivity contribution in [1.29, 1.82) is 0 Å². The Labute approximate surface area is 149 Å². The van der Waals surface area contributed by atoms with Gasteiger partial charge in [0.25, 0.3) is 11.5 Å². The number of thiophene rings is 1. The second kappa shape index (κ2) is 7.44. The summed E-state index contributed by atoms with van der Waals surface area (Å²) in [4.78, 5) is 39.7. The van der Waals surface area contributed by atoms with Crippen LogP contribution in [0.25, 0.3) is 0 Å². The molecular weight excluding hydrogens is 364 g/mol. The molecule has 0 aliphatic heterocycles. The van der Waals surface area contributed by atoms with E-state index in [0.717, 1.165) is 21.7 Å². The lowest BCUT2D eigenvalue weighted by Crippen LogP contribution is -2.40. The monoisotopic (exact) mass is 377 g/mol. The molecule has 0 saturated heterocycles. The van der Waals surface area contributed by atoms with E-state index >= 15 is 0 Å². The van der Waals surface area contributed by atoms with E-state index in [9.17, 15) is 23.2 Å². The molecule has 26 heavy (non-hydrogen) atoms. The van der Waals surface area contributed by atoms with Crippen LogP contribution in [0.2, 0.25) is 0 Å². The average Bonchev–Trinajstić information content (AvgIpc) is 3.11. The van der Waals surface area contributed by atoms with E-state index < -0.39 is 28.8 Å². The first-order valence-corrected chi connectivity index (χ1v) is 8.40. The molecule has 3 aromatic rings. The second-order valence-electron chi connectivity index (χ2n) is 5.40. The first-order valence-electron chi connectivity index (χ1n) is 7.52. The maximum Gasteiger partial charge on any atom is 0.328 e. The van der Waals surface area contributed by atoms with Crippen LogP contribution in [-0.2, 0) is 13.1 Å². The minimum Gasteiger partial charge on any atom is -0.348 e. The summed E-state index contributed by atoms with van der Waals surface area (Å²) in [6, 6.07) is 6.52. The first-order chi connectivity index (χ1) is 12.5. The van der Waals surface area contributed by atoms with Crippen molar-refractivity contribution in [2.24, 2.45) is 0 Å². The van der Waals surface area contributed by atoms with Crippen molar-refractivity contribution >= 4 is 17.2 Å². The number of nitrogens with zero attached hydrogens (tertiary/aromatic N) is 1. The van der Waals surface area contributed by atoms with Crippen molar-refractivity contribution in [3.63, 3.8) is 0 Å². The molecule has 2 aromatic heterocycles. The van der Waals surface area contributed by atoms with Crippen molar-refractivity contribution in [2.45, 2.75) is 13.1 Å². The average molecular weight is 377 g/mol. The summed E-state index contributed by atoms with van der Waals surface area (Å²) < 4.78 is 27.4. The van der Waals surface area contributed by atoms with E-state index in [4.69, 9.17) is 0 Å². The Bertz CT molecular complexity index is 1060. The van der Waals surface area contributed by atoms with E-state index in [0.29, 0.717) is 6.07 Å². The van der Waals surface area contributed by atoms with Gasteiger partial charge in [0.1, 0.15) is 17.2 Å². The largest absolute Gasteiger partial charge is 0.348 e. The molecule has 2 heterocycles. The van der Waals surface area contributed by atoms with Crippen LogP contribution in [0.1, 0.15) is 20.8 Å². The number of hydrogen-bond acceptors (Lipinski definition) is 4. The molecule has 0 atom stereocenters. The van der Waals surface area contributed by atoms with Gasteiger partial charge in [-0.15, -0.1) is 11.3 Å². The molecule has 1 amide bonds. The Kier molecular flexibility index (Phi) is 5.08. The highest BCUT2D eigenvalue weighted by Gasteiger charge is 2.15. The van der Waals surface area contributed by atoms with E-state index in [2.05, 4.69) is 10.3 Å². The molecule has 0 aliphatic carbocycles. The zero-order valence-electron chi connectivity index (χ0n) is 13.3. The molecule has 134 valence electrons. The molecule has 6 nitrogen and oxygen atoms in total. The molecule has 0 spiro atoms. The number of carbonyl (C=O) groups is 1. The van der Waals surface area contributed by atoms with Gasteiger partial charge in [-0.05, 0) is 17.5 Å². The van der Waals surface area contributed by atoms with E-state index in [1.54, 1.807) is 12.1 Å². The number of aromatic amines is 1. The van der Waals surface area contributed by atoms with Gasteiger partial charge in [-0.1, -0.05) is 12.1 Å². The number of H-pyrrole nitrogens is 1. The third-order valence-electron chi connectivity index (χ3n) is 3.65. The highest BCUT2D eigenvalue weighted by Crippen LogP contribution is 2.10. The number of hydrogen-bond donors (Lipinski definition) is 2. The third-order valence-corrected chi connectivity index (χ3v) is 4.52. The summed E-state index contributed by atoms with van der Waals surface area (Å²) >= 11 is 1.37. The molecule has 1 aromatic carbocycles. The maximum atomic E-state index is 13.6. The van der Waals surface area contributed by atoms with Crippen LogP contribution in [0, 0.1) is 11.6 Å². The fourth-order valence-corrected chi connectivity index (χ4v) is 3.00. The summed E-state index contributed by atoms with van der Waals surface area (Å²) in [7, 11) is 0. The lowest BCUT2D eigenvalue weighted by atomic mass is 10.2. The number of rotatable bonds is 5. The van der Waals surface area contributed by atoms with Gasteiger partial charge in [-0.3, -0.25) is 14.2 Å². The van der Waals surface area contributed by atoms with Crippen LogP contribution in [0.4, 0.5) is 8.78 Å². The fraction of sp³-hybridized carbons (Fsp3) is 0.118. The molecule has 0 bridgehead atoms. The molecule has 0 saturated carbocycles. The van der Waals surface area contributed by atoms with Crippen LogP contribution in [0.5, 0.6) is 0 Å². The Morgan fingerprint density at radius 1 is 1.23 bits per heavy atom. The second-order valence-corrected chi connectivity index (χ2v) is 6.43. The van der Waals surface area contributed by atoms with Crippen molar-refractivity contribution in [2.75, 3.05) is 0 Å². The quantitative estimate of drug-likeness (QED) is 0.712. The van der Waals surface area contributed by atoms with Gasteiger partial charge in [0.15, 0.2) is 0 Å². The molecule has 2 N–H and O–H groups in total. The predicted molar refractivity (Wildman–Crippen MR) is 92.3 cm³/mol. The standard InChI is InChI=1S/C17H13F2N3O3S/c18-11-4-3-10(14(19)6-11)7-20-15(23)13-8-21-17(25)22(16(13)24)9-12-2-1-5-26-12/h1-6,8H,7,9H2,(H,20,23)(H,21,25). The van der Waals surface area contributed by atoms with E-state index in [1.807, 2.05) is 5.38 Å². The summed E-state index contributed by atoms with van der Waals surface area (Å²) in [5, 5.41) is 4.20. The predicted octanol–water partition coefficient (Wildman–Crippen LogP) is 1.85. The number of carbonyl (C=O) groups excluding carboxylic acids is 1. The molecule has 0 aliphatic rings. The van der Waals surface area contributed by atoms with Gasteiger partial charge < -0.3 is 10.3 Å². The van der Waals surface area contributed by atoms with Gasteiger partial charge in [-0.2, -0.15) is 0 Å². The van der Waals surface area contributed by atoms with Crippen molar-refractivity contribution < 1.29 is 13.6 Å². The summed E-state index contributed by atoms with van der Waals surface area (Å²) in [6.45, 7) is -0.187. The fourth-order valence-electron chi connectivity index (χ4n) is 2.31. The van der Waals surface area contributed by atoms with Crippen LogP contribution in [0.3, 0.4) is 0 Å². The third kappa shape index (κ3) is 3.77. The maximum absolute atomic E-state index is 13.6. The number of nitrogens with one attached hydrogen (secondary N) is 2.